The largest absolute Gasteiger partial charge is 0.481 e. The maximum Gasteiger partial charge on any atom is 0.261 e. The van der Waals surface area contributed by atoms with Gasteiger partial charge in [0.15, 0.2) is 18.2 Å². The lowest BCUT2D eigenvalue weighted by Gasteiger charge is -2.31. The first-order valence-corrected chi connectivity index (χ1v) is 9.85. The Morgan fingerprint density at radius 2 is 1.76 bits per heavy atom. The number of nitrogens with one attached hydrogen (secondary N) is 1. The zero-order valence-corrected chi connectivity index (χ0v) is 17.4. The summed E-state index contributed by atoms with van der Waals surface area (Å²) in [7, 11) is 0. The Kier molecular flexibility index (Phi) is 8.19. The third kappa shape index (κ3) is 6.31. The summed E-state index contributed by atoms with van der Waals surface area (Å²) >= 11 is 0. The van der Waals surface area contributed by atoms with Crippen molar-refractivity contribution in [2.45, 2.75) is 52.7 Å². The van der Waals surface area contributed by atoms with E-state index < -0.39 is 11.9 Å². The lowest BCUT2D eigenvalue weighted by Crippen LogP contribution is -2.51. The van der Waals surface area contributed by atoms with E-state index in [-0.39, 0.29) is 36.8 Å². The van der Waals surface area contributed by atoms with Crippen LogP contribution in [-0.2, 0) is 16.1 Å². The zero-order chi connectivity index (χ0) is 21.4. The fourth-order valence-corrected chi connectivity index (χ4v) is 3.06. The van der Waals surface area contributed by atoms with Gasteiger partial charge < -0.3 is 15.0 Å². The number of aryl methyl sites for hydroxylation is 1. The first-order chi connectivity index (χ1) is 13.8. The molecule has 0 heterocycles. The summed E-state index contributed by atoms with van der Waals surface area (Å²) in [5, 5.41) is 2.88. The number of para-hydroxylation sites is 1. The van der Waals surface area contributed by atoms with Crippen LogP contribution in [0, 0.1) is 12.7 Å². The predicted octanol–water partition coefficient (Wildman–Crippen LogP) is 3.84. The molecule has 29 heavy (non-hydrogen) atoms. The smallest absolute Gasteiger partial charge is 0.261 e. The number of hydrogen-bond acceptors (Lipinski definition) is 3. The van der Waals surface area contributed by atoms with Crippen LogP contribution in [0.25, 0.3) is 0 Å². The Hall–Kier alpha value is -2.89. The molecular weight excluding hydrogens is 371 g/mol. The highest BCUT2D eigenvalue weighted by Gasteiger charge is 2.29. The number of amides is 2. The zero-order valence-electron chi connectivity index (χ0n) is 17.4. The molecule has 0 aliphatic carbocycles. The Bertz CT molecular complexity index is 838. The van der Waals surface area contributed by atoms with Crippen molar-refractivity contribution in [3.8, 4) is 5.75 Å². The molecule has 0 radical (unpaired) electrons. The van der Waals surface area contributed by atoms with E-state index in [0.29, 0.717) is 6.42 Å². The second kappa shape index (κ2) is 10.6. The molecule has 0 bridgehead atoms. The Morgan fingerprint density at radius 1 is 1.10 bits per heavy atom. The van der Waals surface area contributed by atoms with Crippen molar-refractivity contribution in [1.82, 2.24) is 10.2 Å². The molecule has 0 saturated carbocycles. The second-order valence-corrected chi connectivity index (χ2v) is 7.25. The first-order valence-electron chi connectivity index (χ1n) is 9.85. The van der Waals surface area contributed by atoms with E-state index >= 15 is 0 Å². The van der Waals surface area contributed by atoms with Crippen LogP contribution in [0.4, 0.5) is 4.39 Å². The molecular formula is C23H29FN2O3. The summed E-state index contributed by atoms with van der Waals surface area (Å²) in [6, 6.07) is 13.0. The normalized spacial score (nSPS) is 11.8. The molecule has 0 spiro atoms. The molecule has 5 nitrogen and oxygen atoms in total. The van der Waals surface area contributed by atoms with E-state index in [9.17, 15) is 14.0 Å². The van der Waals surface area contributed by atoms with Crippen molar-refractivity contribution in [2.24, 2.45) is 0 Å². The summed E-state index contributed by atoms with van der Waals surface area (Å²) < 4.78 is 19.2. The van der Waals surface area contributed by atoms with Gasteiger partial charge in [-0.15, -0.1) is 0 Å². The van der Waals surface area contributed by atoms with Gasteiger partial charge in [-0.05, 0) is 50.5 Å². The maximum atomic E-state index is 13.8. The average Bonchev–Trinajstić information content (AvgIpc) is 2.68. The molecule has 156 valence electrons. The summed E-state index contributed by atoms with van der Waals surface area (Å²) in [6.07, 6.45) is 0.454. The van der Waals surface area contributed by atoms with E-state index in [0.717, 1.165) is 11.1 Å². The van der Waals surface area contributed by atoms with E-state index in [1.54, 1.807) is 12.1 Å². The number of halogens is 1. The minimum Gasteiger partial charge on any atom is -0.481 e. The molecule has 0 saturated heterocycles. The van der Waals surface area contributed by atoms with Gasteiger partial charge in [0.1, 0.15) is 6.04 Å². The van der Waals surface area contributed by atoms with Crippen LogP contribution in [-0.4, -0.2) is 35.4 Å². The fraction of sp³-hybridized carbons (Fsp3) is 0.391. The Morgan fingerprint density at radius 3 is 2.38 bits per heavy atom. The van der Waals surface area contributed by atoms with E-state index in [2.05, 4.69) is 5.32 Å². The van der Waals surface area contributed by atoms with Gasteiger partial charge in [0.25, 0.3) is 5.91 Å². The van der Waals surface area contributed by atoms with Gasteiger partial charge in [-0.25, -0.2) is 4.39 Å². The van der Waals surface area contributed by atoms with Crippen LogP contribution in [0.15, 0.2) is 48.5 Å². The minimum absolute atomic E-state index is 0.0105. The number of ether oxygens (including phenoxy) is 1. The van der Waals surface area contributed by atoms with Gasteiger partial charge in [-0.2, -0.15) is 0 Å². The number of benzene rings is 2. The molecule has 2 rings (SSSR count). The van der Waals surface area contributed by atoms with Crippen LogP contribution >= 0.6 is 0 Å². The number of nitrogens with zero attached hydrogens (tertiary/aromatic N) is 1. The highest BCUT2D eigenvalue weighted by atomic mass is 19.1. The van der Waals surface area contributed by atoms with Gasteiger partial charge in [-0.3, -0.25) is 9.59 Å². The quantitative estimate of drug-likeness (QED) is 0.696. The molecule has 1 N–H and O–H groups in total. The lowest BCUT2D eigenvalue weighted by molar-refractivity contribution is -0.143. The summed E-state index contributed by atoms with van der Waals surface area (Å²) in [4.78, 5) is 27.3. The van der Waals surface area contributed by atoms with Crippen LogP contribution < -0.4 is 10.1 Å². The van der Waals surface area contributed by atoms with Crippen molar-refractivity contribution in [3.63, 3.8) is 0 Å². The molecule has 0 aliphatic rings. The molecule has 0 aliphatic heterocycles. The van der Waals surface area contributed by atoms with Crippen molar-refractivity contribution in [1.29, 1.82) is 0 Å². The predicted molar refractivity (Wildman–Crippen MR) is 111 cm³/mol. The topological polar surface area (TPSA) is 58.6 Å². The maximum absolute atomic E-state index is 13.8. The van der Waals surface area contributed by atoms with Crippen molar-refractivity contribution >= 4 is 11.8 Å². The fourth-order valence-electron chi connectivity index (χ4n) is 3.06. The molecule has 0 aromatic heterocycles. The minimum atomic E-state index is -0.645. The third-order valence-electron chi connectivity index (χ3n) is 4.61. The number of rotatable bonds is 9. The molecule has 2 aromatic rings. The SMILES string of the molecule is CCC(C(=O)NC(C)C)N(Cc1ccccc1C)C(=O)COc1ccccc1F. The summed E-state index contributed by atoms with van der Waals surface area (Å²) in [6.45, 7) is 7.50. The summed E-state index contributed by atoms with van der Waals surface area (Å²) in [5.41, 5.74) is 1.97. The molecule has 1 atom stereocenters. The lowest BCUT2D eigenvalue weighted by atomic mass is 10.1. The summed E-state index contributed by atoms with van der Waals surface area (Å²) in [5.74, 6) is -1.11. The van der Waals surface area contributed by atoms with Gasteiger partial charge in [0.05, 0.1) is 0 Å². The van der Waals surface area contributed by atoms with Gasteiger partial charge in [0.2, 0.25) is 5.91 Å². The van der Waals surface area contributed by atoms with Crippen molar-refractivity contribution < 1.29 is 18.7 Å². The van der Waals surface area contributed by atoms with Gasteiger partial charge >= 0.3 is 0 Å². The first kappa shape index (κ1) is 22.4. The van der Waals surface area contributed by atoms with Gasteiger partial charge in [-0.1, -0.05) is 43.3 Å². The standard InChI is InChI=1S/C23H29FN2O3/c1-5-20(23(28)25-16(2)3)26(14-18-11-7-6-10-17(18)4)22(27)15-29-21-13-9-8-12-19(21)24/h6-13,16,20H,5,14-15H2,1-4H3,(H,25,28). The van der Waals surface area contributed by atoms with Crippen molar-refractivity contribution in [3.05, 3.63) is 65.5 Å². The number of carbonyl (C=O) groups is 2. The van der Waals surface area contributed by atoms with Crippen LogP contribution in [0.2, 0.25) is 0 Å². The van der Waals surface area contributed by atoms with Crippen LogP contribution in [0.5, 0.6) is 5.75 Å². The van der Waals surface area contributed by atoms with E-state index in [1.807, 2.05) is 52.0 Å². The molecule has 2 amide bonds. The van der Waals surface area contributed by atoms with Crippen molar-refractivity contribution in [2.75, 3.05) is 6.61 Å². The van der Waals surface area contributed by atoms with E-state index in [4.69, 9.17) is 4.74 Å². The number of carbonyl (C=O) groups excluding carboxylic acids is 2. The van der Waals surface area contributed by atoms with Crippen LogP contribution in [0.3, 0.4) is 0 Å². The highest BCUT2D eigenvalue weighted by molar-refractivity contribution is 5.88. The van der Waals surface area contributed by atoms with Gasteiger partial charge in [0, 0.05) is 12.6 Å². The van der Waals surface area contributed by atoms with E-state index in [1.165, 1.54) is 17.0 Å². The third-order valence-corrected chi connectivity index (χ3v) is 4.61. The monoisotopic (exact) mass is 400 g/mol. The number of hydrogen-bond donors (Lipinski definition) is 1. The molecule has 6 heteroatoms. The Balaban J connectivity index is 2.24. The molecule has 1 unspecified atom stereocenters. The van der Waals surface area contributed by atoms with Crippen LogP contribution in [0.1, 0.15) is 38.3 Å². The highest BCUT2D eigenvalue weighted by Crippen LogP contribution is 2.18. The molecule has 0 fully saturated rings. The molecule has 2 aromatic carbocycles. The average molecular weight is 400 g/mol. The second-order valence-electron chi connectivity index (χ2n) is 7.25. The Labute approximate surface area is 171 Å².